The molecule has 1 aromatic rings. The first-order chi connectivity index (χ1) is 16.2. The number of aliphatic hydroxyl groups excluding tert-OH is 1. The summed E-state index contributed by atoms with van der Waals surface area (Å²) in [4.78, 5) is 26.4. The summed E-state index contributed by atoms with van der Waals surface area (Å²) in [6.45, 7) is 12.8. The number of carboxylic acids is 1. The van der Waals surface area contributed by atoms with Gasteiger partial charge in [-0.2, -0.15) is 0 Å². The minimum Gasteiger partial charge on any atom is -0.481 e. The van der Waals surface area contributed by atoms with E-state index in [-0.39, 0.29) is 36.4 Å². The molecule has 0 saturated heterocycles. The van der Waals surface area contributed by atoms with Crippen LogP contribution in [0.1, 0.15) is 84.8 Å². The van der Waals surface area contributed by atoms with Gasteiger partial charge in [0.25, 0.3) is 0 Å². The van der Waals surface area contributed by atoms with Crippen LogP contribution >= 0.6 is 11.6 Å². The number of urea groups is 1. The monoisotopic (exact) mass is 504 g/mol. The number of carbonyl (C=O) groups is 2. The highest BCUT2D eigenvalue weighted by molar-refractivity contribution is 6.31. The van der Waals surface area contributed by atoms with Crippen molar-refractivity contribution in [2.45, 2.75) is 91.6 Å². The molecule has 0 bridgehead atoms. The summed E-state index contributed by atoms with van der Waals surface area (Å²) in [6.07, 6.45) is 5.81. The van der Waals surface area contributed by atoms with Gasteiger partial charge in [-0.25, -0.2) is 4.79 Å². The molecule has 1 heterocycles. The number of halogens is 1. The summed E-state index contributed by atoms with van der Waals surface area (Å²) in [7, 11) is 0. The lowest BCUT2D eigenvalue weighted by Gasteiger charge is -2.50. The van der Waals surface area contributed by atoms with E-state index in [0.717, 1.165) is 42.4 Å². The number of nitrogens with zero attached hydrogens (tertiary/aromatic N) is 1. The predicted octanol–water partition coefficient (Wildman–Crippen LogP) is 6.10. The zero-order valence-corrected chi connectivity index (χ0v) is 22.7. The van der Waals surface area contributed by atoms with Crippen molar-refractivity contribution in [2.75, 3.05) is 6.61 Å². The highest BCUT2D eigenvalue weighted by Crippen LogP contribution is 2.47. The van der Waals surface area contributed by atoms with Crippen molar-refractivity contribution in [1.82, 2.24) is 10.2 Å². The Morgan fingerprint density at radius 1 is 1.20 bits per heavy atom. The summed E-state index contributed by atoms with van der Waals surface area (Å²) < 4.78 is 0. The predicted molar refractivity (Wildman–Crippen MR) is 139 cm³/mol. The van der Waals surface area contributed by atoms with Gasteiger partial charge in [0.2, 0.25) is 0 Å². The molecule has 2 amide bonds. The smallest absolute Gasteiger partial charge is 0.322 e. The molecule has 1 fully saturated rings. The Hall–Kier alpha value is -2.05. The number of carboxylic acid groups (broad SMARTS) is 1. The van der Waals surface area contributed by atoms with E-state index < -0.39 is 16.9 Å². The molecule has 0 spiro atoms. The molecule has 3 N–H and O–H groups in total. The third kappa shape index (κ3) is 6.21. The highest BCUT2D eigenvalue weighted by atomic mass is 35.5. The third-order valence-corrected chi connectivity index (χ3v) is 8.08. The van der Waals surface area contributed by atoms with Crippen LogP contribution in [0.2, 0.25) is 5.02 Å². The molecular formula is C28H41ClN2O4. The number of hydrogen-bond donors (Lipinski definition) is 3. The molecule has 1 unspecified atom stereocenters. The van der Waals surface area contributed by atoms with Gasteiger partial charge in [0, 0.05) is 30.3 Å². The molecule has 7 heteroatoms. The second-order valence-electron chi connectivity index (χ2n) is 12.3. The zero-order chi connectivity index (χ0) is 26.2. The Kier molecular flexibility index (Phi) is 7.97. The summed E-state index contributed by atoms with van der Waals surface area (Å²) in [6, 6.07) is 5.88. The average Bonchev–Trinajstić information content (AvgIpc) is 2.71. The van der Waals surface area contributed by atoms with E-state index >= 15 is 0 Å². The maximum absolute atomic E-state index is 13.3. The summed E-state index contributed by atoms with van der Waals surface area (Å²) in [5.41, 5.74) is 1.80. The van der Waals surface area contributed by atoms with Gasteiger partial charge in [-0.05, 0) is 78.5 Å². The first-order valence-corrected chi connectivity index (χ1v) is 13.0. The van der Waals surface area contributed by atoms with Crippen molar-refractivity contribution in [1.29, 1.82) is 0 Å². The Bertz CT molecular complexity index is 991. The van der Waals surface area contributed by atoms with Gasteiger partial charge in [-0.15, -0.1) is 0 Å². The van der Waals surface area contributed by atoms with E-state index in [4.69, 9.17) is 11.6 Å². The van der Waals surface area contributed by atoms with Crippen molar-refractivity contribution in [3.63, 3.8) is 0 Å². The number of amides is 2. The fourth-order valence-corrected chi connectivity index (χ4v) is 5.50. The van der Waals surface area contributed by atoms with Gasteiger partial charge in [0.15, 0.2) is 0 Å². The van der Waals surface area contributed by atoms with E-state index in [9.17, 15) is 19.8 Å². The molecule has 6 nitrogen and oxygen atoms in total. The fourth-order valence-electron chi connectivity index (χ4n) is 5.22. The molecule has 1 aliphatic carbocycles. The Morgan fingerprint density at radius 2 is 1.86 bits per heavy atom. The van der Waals surface area contributed by atoms with Crippen molar-refractivity contribution in [3.8, 4) is 0 Å². The molecule has 35 heavy (non-hydrogen) atoms. The largest absolute Gasteiger partial charge is 0.481 e. The van der Waals surface area contributed by atoms with Crippen LogP contribution in [-0.4, -0.2) is 39.8 Å². The van der Waals surface area contributed by atoms with Crippen LogP contribution in [0, 0.1) is 16.7 Å². The van der Waals surface area contributed by atoms with Crippen LogP contribution in [0.15, 0.2) is 30.0 Å². The summed E-state index contributed by atoms with van der Waals surface area (Å²) in [5, 5.41) is 22.7. The SMILES string of the molecule is CC(C)(C)CCc1ccc(C2(C)NC(=O)N(C3CC(CO)C3)C=C2C(C)(C)CCC(=O)O)cc1Cl. The highest BCUT2D eigenvalue weighted by Gasteiger charge is 2.47. The fraction of sp³-hybridized carbons (Fsp3) is 0.643. The van der Waals surface area contributed by atoms with Crippen molar-refractivity contribution >= 4 is 23.6 Å². The number of carbonyl (C=O) groups excluding carboxylic acids is 1. The van der Waals surface area contributed by atoms with Crippen LogP contribution in [0.5, 0.6) is 0 Å². The summed E-state index contributed by atoms with van der Waals surface area (Å²) in [5.74, 6) is -0.620. The molecule has 2 aliphatic rings. The van der Waals surface area contributed by atoms with E-state index in [1.54, 1.807) is 4.90 Å². The van der Waals surface area contributed by atoms with Crippen molar-refractivity contribution in [3.05, 3.63) is 46.1 Å². The molecule has 0 radical (unpaired) electrons. The van der Waals surface area contributed by atoms with Crippen LogP contribution in [-0.2, 0) is 16.8 Å². The normalized spacial score (nSPS) is 25.1. The molecule has 1 saturated carbocycles. The third-order valence-electron chi connectivity index (χ3n) is 7.73. The van der Waals surface area contributed by atoms with Gasteiger partial charge >= 0.3 is 12.0 Å². The number of benzene rings is 1. The second-order valence-corrected chi connectivity index (χ2v) is 12.7. The van der Waals surface area contributed by atoms with Crippen LogP contribution < -0.4 is 5.32 Å². The Labute approximate surface area is 214 Å². The van der Waals surface area contributed by atoms with E-state index in [1.807, 2.05) is 45.2 Å². The molecular weight excluding hydrogens is 464 g/mol. The van der Waals surface area contributed by atoms with Crippen LogP contribution in [0.4, 0.5) is 4.79 Å². The van der Waals surface area contributed by atoms with Crippen LogP contribution in [0.3, 0.4) is 0 Å². The van der Waals surface area contributed by atoms with Gasteiger partial charge in [-0.3, -0.25) is 9.69 Å². The lowest BCUT2D eigenvalue weighted by atomic mass is 9.68. The number of rotatable bonds is 9. The van der Waals surface area contributed by atoms with E-state index in [2.05, 4.69) is 26.1 Å². The second kappa shape index (κ2) is 10.1. The Morgan fingerprint density at radius 3 is 2.40 bits per heavy atom. The maximum atomic E-state index is 13.3. The quantitative estimate of drug-likeness (QED) is 0.378. The number of aliphatic carboxylic acids is 1. The number of aliphatic hydroxyl groups is 1. The first kappa shape index (κ1) is 27.5. The molecule has 3 rings (SSSR count). The lowest BCUT2D eigenvalue weighted by molar-refractivity contribution is -0.137. The topological polar surface area (TPSA) is 89.9 Å². The minimum atomic E-state index is -0.840. The molecule has 1 aliphatic heterocycles. The first-order valence-electron chi connectivity index (χ1n) is 12.6. The Balaban J connectivity index is 1.99. The van der Waals surface area contributed by atoms with Crippen molar-refractivity contribution < 1.29 is 19.8 Å². The summed E-state index contributed by atoms with van der Waals surface area (Å²) >= 11 is 6.74. The molecule has 1 atom stereocenters. The van der Waals surface area contributed by atoms with Gasteiger partial charge in [0.05, 0.1) is 5.54 Å². The van der Waals surface area contributed by atoms with E-state index in [1.165, 1.54) is 0 Å². The lowest BCUT2D eigenvalue weighted by Crippen LogP contribution is -2.60. The van der Waals surface area contributed by atoms with Crippen LogP contribution in [0.25, 0.3) is 0 Å². The van der Waals surface area contributed by atoms with Gasteiger partial charge in [0.1, 0.15) is 0 Å². The van der Waals surface area contributed by atoms with Gasteiger partial charge in [-0.1, -0.05) is 58.4 Å². The van der Waals surface area contributed by atoms with Gasteiger partial charge < -0.3 is 15.5 Å². The number of hydrogen-bond acceptors (Lipinski definition) is 3. The molecule has 194 valence electrons. The molecule has 1 aromatic carbocycles. The van der Waals surface area contributed by atoms with E-state index in [0.29, 0.717) is 11.4 Å². The molecule has 0 aromatic heterocycles. The minimum absolute atomic E-state index is 0.0327. The van der Waals surface area contributed by atoms with Crippen molar-refractivity contribution in [2.24, 2.45) is 16.7 Å². The zero-order valence-electron chi connectivity index (χ0n) is 21.9. The maximum Gasteiger partial charge on any atom is 0.322 e. The average molecular weight is 505 g/mol. The standard InChI is InChI=1S/C28H41ClN2O4/c1-26(2,3)11-9-19-7-8-20(15-22(19)29)28(6)23(27(4,5)12-10-24(33)34)16-31(25(35)30-28)21-13-18(14-21)17-32/h7-8,15-16,18,21,32H,9-14,17H2,1-6H3,(H,30,35)(H,33,34). The number of nitrogens with one attached hydrogen (secondary N) is 1. The number of aryl methyl sites for hydroxylation is 1.